The first-order chi connectivity index (χ1) is 10.5. The van der Waals surface area contributed by atoms with Gasteiger partial charge in [-0.2, -0.15) is 0 Å². The fourth-order valence-corrected chi connectivity index (χ4v) is 1.76. The minimum Gasteiger partial charge on any atom is -0.494 e. The van der Waals surface area contributed by atoms with Gasteiger partial charge in [-0.3, -0.25) is 20.4 Å². The van der Waals surface area contributed by atoms with Crippen LogP contribution < -0.4 is 15.6 Å². The Balaban J connectivity index is 2.37. The van der Waals surface area contributed by atoms with Gasteiger partial charge in [0.2, 0.25) is 5.91 Å². The number of amides is 2. The molecule has 0 aliphatic carbocycles. The van der Waals surface area contributed by atoms with E-state index < -0.39 is 0 Å². The number of ether oxygens (including phenoxy) is 1. The lowest BCUT2D eigenvalue weighted by Crippen LogP contribution is -2.43. The number of hydrogen-bond acceptors (Lipinski definition) is 3. The maximum atomic E-state index is 11.8. The highest BCUT2D eigenvalue weighted by Gasteiger charge is 2.09. The third-order valence-electron chi connectivity index (χ3n) is 3.21. The largest absolute Gasteiger partial charge is 0.494 e. The first-order valence-corrected chi connectivity index (χ1v) is 7.87. The molecule has 2 N–H and O–H groups in total. The molecule has 0 aliphatic heterocycles. The molecule has 1 rings (SSSR count). The number of rotatable bonds is 8. The molecule has 0 bridgehead atoms. The highest BCUT2D eigenvalue weighted by atomic mass is 16.5. The van der Waals surface area contributed by atoms with E-state index in [2.05, 4.69) is 17.8 Å². The summed E-state index contributed by atoms with van der Waals surface area (Å²) in [7, 11) is 0. The third kappa shape index (κ3) is 6.61. The Kier molecular flexibility index (Phi) is 8.04. The Morgan fingerprint density at radius 3 is 2.32 bits per heavy atom. The van der Waals surface area contributed by atoms with Crippen molar-refractivity contribution in [1.82, 2.24) is 10.9 Å². The molecule has 0 saturated heterocycles. The molecule has 0 spiro atoms. The first kappa shape index (κ1) is 18.0. The van der Waals surface area contributed by atoms with Crippen LogP contribution in [0.2, 0.25) is 0 Å². The number of hydrogen-bond donors (Lipinski definition) is 2. The normalized spacial score (nSPS) is 10.4. The molecular weight excluding hydrogens is 280 g/mol. The van der Waals surface area contributed by atoms with E-state index in [-0.39, 0.29) is 17.7 Å². The molecule has 1 aromatic carbocycles. The van der Waals surface area contributed by atoms with E-state index in [1.807, 2.05) is 0 Å². The molecule has 0 unspecified atom stereocenters. The summed E-state index contributed by atoms with van der Waals surface area (Å²) in [6.07, 6.45) is 4.64. The number of carbonyl (C=O) groups is 2. The van der Waals surface area contributed by atoms with Crippen LogP contribution in [-0.2, 0) is 4.79 Å². The predicted molar refractivity (Wildman–Crippen MR) is 86.5 cm³/mol. The van der Waals surface area contributed by atoms with Crippen LogP contribution >= 0.6 is 0 Å². The van der Waals surface area contributed by atoms with Crippen molar-refractivity contribution < 1.29 is 14.3 Å². The third-order valence-corrected chi connectivity index (χ3v) is 3.21. The lowest BCUT2D eigenvalue weighted by molar-refractivity contribution is -0.124. The topological polar surface area (TPSA) is 67.4 Å². The maximum absolute atomic E-state index is 11.8. The second kappa shape index (κ2) is 9.82. The smallest absolute Gasteiger partial charge is 0.269 e. The van der Waals surface area contributed by atoms with Crippen molar-refractivity contribution in [2.45, 2.75) is 46.5 Å². The molecule has 0 radical (unpaired) electrons. The van der Waals surface area contributed by atoms with Crippen molar-refractivity contribution in [3.8, 4) is 5.75 Å². The van der Waals surface area contributed by atoms with Gasteiger partial charge in [0.1, 0.15) is 5.75 Å². The van der Waals surface area contributed by atoms with E-state index >= 15 is 0 Å². The second-order valence-electron chi connectivity index (χ2n) is 5.53. The van der Waals surface area contributed by atoms with Gasteiger partial charge in [-0.05, 0) is 30.7 Å². The Labute approximate surface area is 132 Å². The Bertz CT molecular complexity index is 469. The molecule has 5 nitrogen and oxygen atoms in total. The van der Waals surface area contributed by atoms with E-state index in [1.165, 1.54) is 19.3 Å². The number of unbranched alkanes of at least 4 members (excludes halogenated alkanes) is 3. The van der Waals surface area contributed by atoms with Crippen molar-refractivity contribution in [2.75, 3.05) is 6.61 Å². The zero-order valence-corrected chi connectivity index (χ0v) is 13.6. The molecule has 0 saturated carbocycles. The van der Waals surface area contributed by atoms with E-state index in [4.69, 9.17) is 4.74 Å². The quantitative estimate of drug-likeness (QED) is 0.573. The van der Waals surface area contributed by atoms with Gasteiger partial charge >= 0.3 is 0 Å². The summed E-state index contributed by atoms with van der Waals surface area (Å²) in [6, 6.07) is 6.88. The maximum Gasteiger partial charge on any atom is 0.269 e. The van der Waals surface area contributed by atoms with Crippen molar-refractivity contribution in [1.29, 1.82) is 0 Å². The van der Waals surface area contributed by atoms with Crippen LogP contribution in [-0.4, -0.2) is 18.4 Å². The number of carbonyl (C=O) groups excluding carboxylic acids is 2. The Morgan fingerprint density at radius 1 is 1.05 bits per heavy atom. The minimum atomic E-state index is -0.344. The molecule has 0 aromatic heterocycles. The highest BCUT2D eigenvalue weighted by Crippen LogP contribution is 2.13. The zero-order chi connectivity index (χ0) is 16.4. The van der Waals surface area contributed by atoms with E-state index in [0.29, 0.717) is 12.2 Å². The van der Waals surface area contributed by atoms with Crippen LogP contribution in [0.3, 0.4) is 0 Å². The van der Waals surface area contributed by atoms with Gasteiger partial charge in [0, 0.05) is 11.5 Å². The zero-order valence-electron chi connectivity index (χ0n) is 13.6. The summed E-state index contributed by atoms with van der Waals surface area (Å²) in [5.41, 5.74) is 5.24. The summed E-state index contributed by atoms with van der Waals surface area (Å²) in [4.78, 5) is 23.2. The average molecular weight is 306 g/mol. The number of hydrazine groups is 1. The first-order valence-electron chi connectivity index (χ1n) is 7.87. The van der Waals surface area contributed by atoms with Gasteiger partial charge in [0.05, 0.1) is 6.61 Å². The number of benzene rings is 1. The van der Waals surface area contributed by atoms with Gasteiger partial charge in [0.15, 0.2) is 0 Å². The Hall–Kier alpha value is -2.04. The van der Waals surface area contributed by atoms with Crippen LogP contribution in [0, 0.1) is 5.92 Å². The SMILES string of the molecule is CCCCCCOc1ccc(C(=O)NNC(=O)C(C)C)cc1. The van der Waals surface area contributed by atoms with E-state index in [1.54, 1.807) is 38.1 Å². The van der Waals surface area contributed by atoms with Gasteiger partial charge in [-0.25, -0.2) is 0 Å². The molecule has 0 aliphatic rings. The molecular formula is C17H26N2O3. The summed E-state index contributed by atoms with van der Waals surface area (Å²) >= 11 is 0. The minimum absolute atomic E-state index is 0.177. The molecule has 122 valence electrons. The van der Waals surface area contributed by atoms with Crippen LogP contribution in [0.4, 0.5) is 0 Å². The van der Waals surface area contributed by atoms with E-state index in [0.717, 1.165) is 12.2 Å². The van der Waals surface area contributed by atoms with Gasteiger partial charge in [-0.15, -0.1) is 0 Å². The molecule has 2 amide bonds. The Morgan fingerprint density at radius 2 is 1.73 bits per heavy atom. The van der Waals surface area contributed by atoms with Crippen LogP contribution in [0.5, 0.6) is 5.75 Å². The average Bonchev–Trinajstić information content (AvgIpc) is 2.52. The highest BCUT2D eigenvalue weighted by molar-refractivity contribution is 5.95. The molecule has 22 heavy (non-hydrogen) atoms. The summed E-state index contributed by atoms with van der Waals surface area (Å²) in [6.45, 7) is 6.38. The molecule has 0 atom stereocenters. The van der Waals surface area contributed by atoms with Crippen molar-refractivity contribution in [3.63, 3.8) is 0 Å². The van der Waals surface area contributed by atoms with Crippen LogP contribution in [0.25, 0.3) is 0 Å². The lowest BCUT2D eigenvalue weighted by atomic mass is 10.2. The molecule has 0 fully saturated rings. The monoisotopic (exact) mass is 306 g/mol. The van der Waals surface area contributed by atoms with Gasteiger partial charge in [-0.1, -0.05) is 40.0 Å². The van der Waals surface area contributed by atoms with Crippen LogP contribution in [0.1, 0.15) is 56.8 Å². The fraction of sp³-hybridized carbons (Fsp3) is 0.529. The molecule has 5 heteroatoms. The van der Waals surface area contributed by atoms with Crippen molar-refractivity contribution >= 4 is 11.8 Å². The molecule has 0 heterocycles. The van der Waals surface area contributed by atoms with Crippen molar-refractivity contribution in [2.24, 2.45) is 5.92 Å². The predicted octanol–water partition coefficient (Wildman–Crippen LogP) is 3.06. The summed E-state index contributed by atoms with van der Waals surface area (Å²) in [5.74, 6) is 0.00641. The fourth-order valence-electron chi connectivity index (χ4n) is 1.76. The lowest BCUT2D eigenvalue weighted by Gasteiger charge is -2.10. The van der Waals surface area contributed by atoms with Crippen LogP contribution in [0.15, 0.2) is 24.3 Å². The van der Waals surface area contributed by atoms with E-state index in [9.17, 15) is 9.59 Å². The number of nitrogens with one attached hydrogen (secondary N) is 2. The van der Waals surface area contributed by atoms with Gasteiger partial charge < -0.3 is 4.74 Å². The van der Waals surface area contributed by atoms with Gasteiger partial charge in [0.25, 0.3) is 5.91 Å². The molecule has 1 aromatic rings. The summed E-state index contributed by atoms with van der Waals surface area (Å²) < 4.78 is 5.62. The second-order valence-corrected chi connectivity index (χ2v) is 5.53. The van der Waals surface area contributed by atoms with Crippen molar-refractivity contribution in [3.05, 3.63) is 29.8 Å². The summed E-state index contributed by atoms with van der Waals surface area (Å²) in [5, 5.41) is 0. The standard InChI is InChI=1S/C17H26N2O3/c1-4-5-6-7-12-22-15-10-8-14(9-11-15)17(21)19-18-16(20)13(2)3/h8-11,13H,4-7,12H2,1-3H3,(H,18,20)(H,19,21).